The van der Waals surface area contributed by atoms with Crippen molar-refractivity contribution in [1.82, 2.24) is 15.2 Å². The lowest BCUT2D eigenvalue weighted by Gasteiger charge is -2.19. The Morgan fingerprint density at radius 3 is 2.76 bits per heavy atom. The van der Waals surface area contributed by atoms with Crippen molar-refractivity contribution in [2.45, 2.75) is 39.3 Å². The first-order valence-corrected chi connectivity index (χ1v) is 7.31. The van der Waals surface area contributed by atoms with Crippen molar-refractivity contribution in [3.8, 4) is 5.75 Å². The van der Waals surface area contributed by atoms with E-state index in [1.54, 1.807) is 13.3 Å². The lowest BCUT2D eigenvalue weighted by molar-refractivity contribution is 0.386. The third-order valence-corrected chi connectivity index (χ3v) is 3.86. The first-order chi connectivity index (χ1) is 10.2. The number of hydrogen-bond donors (Lipinski definition) is 2. The third kappa shape index (κ3) is 3.43. The summed E-state index contributed by atoms with van der Waals surface area (Å²) in [6.07, 6.45) is 3.60. The Morgan fingerprint density at radius 1 is 1.38 bits per heavy atom. The molecule has 3 N–H and O–H groups in total. The molecule has 1 heterocycles. The monoisotopic (exact) mass is 288 g/mol. The molecule has 114 valence electrons. The zero-order valence-corrected chi connectivity index (χ0v) is 13.0. The van der Waals surface area contributed by atoms with E-state index >= 15 is 0 Å². The highest BCUT2D eigenvalue weighted by Gasteiger charge is 2.20. The molecule has 0 aliphatic rings. The van der Waals surface area contributed by atoms with Crippen molar-refractivity contribution in [1.29, 1.82) is 0 Å². The summed E-state index contributed by atoms with van der Waals surface area (Å²) in [5.41, 5.74) is 6.57. The normalized spacial score (nSPS) is 12.4. The summed E-state index contributed by atoms with van der Waals surface area (Å²) in [5, 5.41) is 4.34. The minimum atomic E-state index is 0.0157. The molecule has 5 nitrogen and oxygen atoms in total. The Bertz CT molecular complexity index is 558. The minimum Gasteiger partial charge on any atom is -0.493 e. The lowest BCUT2D eigenvalue weighted by Crippen LogP contribution is -2.30. The van der Waals surface area contributed by atoms with Crippen molar-refractivity contribution in [3.63, 3.8) is 0 Å². The number of rotatable bonds is 7. The van der Waals surface area contributed by atoms with E-state index in [1.165, 1.54) is 11.1 Å². The standard InChI is InChI=1S/C16H24N4O/c1-4-20-16(15(21-3)11-18-20)14(19-17)10-9-13-8-6-5-7-12(13)2/h5-8,11,14,19H,4,9-10,17H2,1-3H3. The average Bonchev–Trinajstić information content (AvgIpc) is 2.92. The molecular weight excluding hydrogens is 264 g/mol. The summed E-state index contributed by atoms with van der Waals surface area (Å²) in [4.78, 5) is 0. The van der Waals surface area contributed by atoms with Gasteiger partial charge in [0.15, 0.2) is 5.75 Å². The number of nitrogens with one attached hydrogen (secondary N) is 1. The van der Waals surface area contributed by atoms with Gasteiger partial charge >= 0.3 is 0 Å². The van der Waals surface area contributed by atoms with Gasteiger partial charge in [-0.2, -0.15) is 5.10 Å². The quantitative estimate of drug-likeness (QED) is 0.606. The van der Waals surface area contributed by atoms with Gasteiger partial charge < -0.3 is 4.74 Å². The van der Waals surface area contributed by atoms with E-state index in [4.69, 9.17) is 10.6 Å². The van der Waals surface area contributed by atoms with E-state index in [-0.39, 0.29) is 6.04 Å². The van der Waals surface area contributed by atoms with Crippen LogP contribution >= 0.6 is 0 Å². The molecule has 0 saturated heterocycles. The molecule has 21 heavy (non-hydrogen) atoms. The minimum absolute atomic E-state index is 0.0157. The van der Waals surface area contributed by atoms with Crippen LogP contribution in [0.4, 0.5) is 0 Å². The molecule has 0 fully saturated rings. The number of aromatic nitrogens is 2. The van der Waals surface area contributed by atoms with Crippen molar-refractivity contribution in [3.05, 3.63) is 47.3 Å². The average molecular weight is 288 g/mol. The molecule has 0 bridgehead atoms. The fourth-order valence-corrected chi connectivity index (χ4v) is 2.63. The van der Waals surface area contributed by atoms with E-state index in [0.717, 1.165) is 30.8 Å². The summed E-state index contributed by atoms with van der Waals surface area (Å²) >= 11 is 0. The molecular formula is C16H24N4O. The second kappa shape index (κ2) is 7.24. The van der Waals surface area contributed by atoms with Gasteiger partial charge in [0.1, 0.15) is 0 Å². The van der Waals surface area contributed by atoms with Crippen LogP contribution in [0.5, 0.6) is 5.75 Å². The zero-order valence-electron chi connectivity index (χ0n) is 13.0. The second-order valence-electron chi connectivity index (χ2n) is 5.10. The maximum Gasteiger partial charge on any atom is 0.161 e. The first kappa shape index (κ1) is 15.5. The molecule has 0 radical (unpaired) electrons. The predicted molar refractivity (Wildman–Crippen MR) is 84.0 cm³/mol. The zero-order chi connectivity index (χ0) is 15.2. The summed E-state index contributed by atoms with van der Waals surface area (Å²) in [6.45, 7) is 4.99. The number of nitrogens with zero attached hydrogens (tertiary/aromatic N) is 2. The van der Waals surface area contributed by atoms with Crippen LogP contribution in [0.15, 0.2) is 30.5 Å². The van der Waals surface area contributed by atoms with Crippen molar-refractivity contribution < 1.29 is 4.74 Å². The van der Waals surface area contributed by atoms with E-state index in [2.05, 4.69) is 48.6 Å². The van der Waals surface area contributed by atoms with E-state index in [0.29, 0.717) is 0 Å². The molecule has 1 aromatic carbocycles. The van der Waals surface area contributed by atoms with Gasteiger partial charge in [-0.1, -0.05) is 24.3 Å². The Labute approximate surface area is 126 Å². The summed E-state index contributed by atoms with van der Waals surface area (Å²) < 4.78 is 7.34. The Kier molecular flexibility index (Phi) is 5.36. The summed E-state index contributed by atoms with van der Waals surface area (Å²) in [5.74, 6) is 6.55. The number of aryl methyl sites for hydroxylation is 3. The molecule has 5 heteroatoms. The number of nitrogens with two attached hydrogens (primary N) is 1. The number of methoxy groups -OCH3 is 1. The van der Waals surface area contributed by atoms with Gasteiger partial charge in [0.2, 0.25) is 0 Å². The van der Waals surface area contributed by atoms with E-state index in [1.807, 2.05) is 4.68 Å². The van der Waals surface area contributed by atoms with Gasteiger partial charge in [-0.05, 0) is 37.8 Å². The highest BCUT2D eigenvalue weighted by Crippen LogP contribution is 2.28. The Hall–Kier alpha value is -1.85. The third-order valence-electron chi connectivity index (χ3n) is 3.86. The van der Waals surface area contributed by atoms with Crippen LogP contribution < -0.4 is 16.0 Å². The van der Waals surface area contributed by atoms with Gasteiger partial charge in [0.25, 0.3) is 0 Å². The number of hydrogen-bond acceptors (Lipinski definition) is 4. The van der Waals surface area contributed by atoms with Gasteiger partial charge in [0.05, 0.1) is 25.0 Å². The fourth-order valence-electron chi connectivity index (χ4n) is 2.63. The molecule has 2 rings (SSSR count). The Morgan fingerprint density at radius 2 is 2.14 bits per heavy atom. The van der Waals surface area contributed by atoms with Crippen LogP contribution in [0.25, 0.3) is 0 Å². The number of hydrazine groups is 1. The maximum atomic E-state index is 5.77. The lowest BCUT2D eigenvalue weighted by atomic mass is 9.99. The van der Waals surface area contributed by atoms with Crippen LogP contribution in [-0.2, 0) is 13.0 Å². The Balaban J connectivity index is 2.17. The van der Waals surface area contributed by atoms with E-state index < -0.39 is 0 Å². The van der Waals surface area contributed by atoms with Crippen LogP contribution in [0, 0.1) is 6.92 Å². The molecule has 0 saturated carbocycles. The first-order valence-electron chi connectivity index (χ1n) is 7.31. The molecule has 2 aromatic rings. The van der Waals surface area contributed by atoms with Crippen LogP contribution in [-0.4, -0.2) is 16.9 Å². The SMILES string of the molecule is CCn1ncc(OC)c1C(CCc1ccccc1C)NN. The van der Waals surface area contributed by atoms with Gasteiger partial charge in [0, 0.05) is 6.54 Å². The number of ether oxygens (including phenoxy) is 1. The summed E-state index contributed by atoms with van der Waals surface area (Å²) in [6, 6.07) is 8.45. The molecule has 0 aliphatic heterocycles. The van der Waals surface area contributed by atoms with Crippen LogP contribution in [0.3, 0.4) is 0 Å². The largest absolute Gasteiger partial charge is 0.493 e. The van der Waals surface area contributed by atoms with Gasteiger partial charge in [-0.15, -0.1) is 0 Å². The fraction of sp³-hybridized carbons (Fsp3) is 0.438. The smallest absolute Gasteiger partial charge is 0.161 e. The molecule has 0 amide bonds. The molecule has 1 atom stereocenters. The van der Waals surface area contributed by atoms with E-state index in [9.17, 15) is 0 Å². The second-order valence-corrected chi connectivity index (χ2v) is 5.10. The van der Waals surface area contributed by atoms with Crippen molar-refractivity contribution in [2.75, 3.05) is 7.11 Å². The molecule has 1 unspecified atom stereocenters. The van der Waals surface area contributed by atoms with Crippen LogP contribution in [0.2, 0.25) is 0 Å². The molecule has 1 aromatic heterocycles. The topological polar surface area (TPSA) is 65.1 Å². The number of benzene rings is 1. The van der Waals surface area contributed by atoms with Crippen molar-refractivity contribution >= 4 is 0 Å². The summed E-state index contributed by atoms with van der Waals surface area (Å²) in [7, 11) is 1.66. The van der Waals surface area contributed by atoms with Crippen LogP contribution in [0.1, 0.15) is 36.2 Å². The van der Waals surface area contributed by atoms with Crippen molar-refractivity contribution in [2.24, 2.45) is 5.84 Å². The molecule has 0 aliphatic carbocycles. The predicted octanol–water partition coefficient (Wildman–Crippen LogP) is 2.36. The highest BCUT2D eigenvalue weighted by molar-refractivity contribution is 5.30. The van der Waals surface area contributed by atoms with Gasteiger partial charge in [-0.25, -0.2) is 0 Å². The maximum absolute atomic E-state index is 5.77. The highest BCUT2D eigenvalue weighted by atomic mass is 16.5. The van der Waals surface area contributed by atoms with Gasteiger partial charge in [-0.3, -0.25) is 16.0 Å². The molecule has 0 spiro atoms.